The summed E-state index contributed by atoms with van der Waals surface area (Å²) in [6.45, 7) is 2.06. The Hall–Kier alpha value is -1.99. The summed E-state index contributed by atoms with van der Waals surface area (Å²) >= 11 is 0. The van der Waals surface area contributed by atoms with Crippen LogP contribution in [-0.4, -0.2) is 39.2 Å². The molecule has 2 saturated carbocycles. The van der Waals surface area contributed by atoms with E-state index in [-0.39, 0.29) is 29.6 Å². The lowest BCUT2D eigenvalue weighted by atomic mass is 9.92. The van der Waals surface area contributed by atoms with Crippen molar-refractivity contribution in [2.75, 3.05) is 18.4 Å². The van der Waals surface area contributed by atoms with Crippen LogP contribution in [0.4, 0.5) is 5.69 Å². The van der Waals surface area contributed by atoms with Crippen LogP contribution >= 0.6 is 12.4 Å². The lowest BCUT2D eigenvalue weighted by Gasteiger charge is -2.23. The molecule has 1 unspecified atom stereocenters. The molecule has 1 atom stereocenters. The number of carbonyl (C=O) groups is 1. The summed E-state index contributed by atoms with van der Waals surface area (Å²) in [6, 6.07) is 8.27. The molecule has 0 bridgehead atoms. The van der Waals surface area contributed by atoms with E-state index >= 15 is 0 Å². The van der Waals surface area contributed by atoms with Crippen LogP contribution in [0.15, 0.2) is 24.3 Å². The molecule has 1 saturated heterocycles. The molecule has 1 aliphatic heterocycles. The highest BCUT2D eigenvalue weighted by atomic mass is 35.5. The lowest BCUT2D eigenvalue weighted by molar-refractivity contribution is -0.118. The summed E-state index contributed by atoms with van der Waals surface area (Å²) in [7, 11) is 0. The fourth-order valence-electron chi connectivity index (χ4n) is 4.11. The first-order valence-electron chi connectivity index (χ1n) is 9.15. The molecule has 2 aliphatic carbocycles. The van der Waals surface area contributed by atoms with Gasteiger partial charge in [-0.2, -0.15) is 0 Å². The normalized spacial score (nSPS) is 23.3. The summed E-state index contributed by atoms with van der Waals surface area (Å²) in [5.41, 5.74) is 2.02. The first kappa shape index (κ1) is 17.4. The molecule has 8 heteroatoms. The van der Waals surface area contributed by atoms with Crippen molar-refractivity contribution in [2.45, 2.75) is 38.1 Å². The van der Waals surface area contributed by atoms with E-state index in [4.69, 9.17) is 0 Å². The van der Waals surface area contributed by atoms with Gasteiger partial charge in [0.1, 0.15) is 0 Å². The van der Waals surface area contributed by atoms with Gasteiger partial charge in [-0.25, -0.2) is 4.68 Å². The molecule has 0 radical (unpaired) electrons. The van der Waals surface area contributed by atoms with Gasteiger partial charge in [0, 0.05) is 17.2 Å². The Morgan fingerprint density at radius 3 is 2.85 bits per heavy atom. The highest BCUT2D eigenvalue weighted by molar-refractivity contribution is 5.95. The van der Waals surface area contributed by atoms with Crippen LogP contribution in [0.25, 0.3) is 11.4 Å². The Labute approximate surface area is 158 Å². The number of hydrogen-bond acceptors (Lipinski definition) is 5. The van der Waals surface area contributed by atoms with Crippen molar-refractivity contribution in [1.82, 2.24) is 25.5 Å². The predicted molar refractivity (Wildman–Crippen MR) is 100 cm³/mol. The molecule has 26 heavy (non-hydrogen) atoms. The second-order valence-corrected chi connectivity index (χ2v) is 7.62. The van der Waals surface area contributed by atoms with E-state index in [1.807, 2.05) is 28.9 Å². The van der Waals surface area contributed by atoms with E-state index in [9.17, 15) is 4.79 Å². The Morgan fingerprint density at radius 1 is 1.27 bits per heavy atom. The number of aromatic nitrogens is 4. The summed E-state index contributed by atoms with van der Waals surface area (Å²) in [6.07, 6.45) is 5.52. The number of piperidine rings is 1. The van der Waals surface area contributed by atoms with Gasteiger partial charge in [0.15, 0.2) is 5.82 Å². The smallest absolute Gasteiger partial charge is 0.228 e. The van der Waals surface area contributed by atoms with E-state index in [2.05, 4.69) is 26.2 Å². The third-order valence-electron chi connectivity index (χ3n) is 5.88. The molecule has 5 rings (SSSR count). The summed E-state index contributed by atoms with van der Waals surface area (Å²) in [5.74, 6) is 1.09. The highest BCUT2D eigenvalue weighted by Crippen LogP contribution is 2.58. The number of rotatable bonds is 4. The van der Waals surface area contributed by atoms with Gasteiger partial charge in [0.2, 0.25) is 5.91 Å². The van der Waals surface area contributed by atoms with Gasteiger partial charge < -0.3 is 10.6 Å². The molecule has 7 nitrogen and oxygen atoms in total. The molecule has 1 amide bonds. The van der Waals surface area contributed by atoms with Crippen LogP contribution in [0.5, 0.6) is 0 Å². The van der Waals surface area contributed by atoms with Gasteiger partial charge in [-0.1, -0.05) is 12.1 Å². The first-order chi connectivity index (χ1) is 12.3. The van der Waals surface area contributed by atoms with Crippen molar-refractivity contribution in [3.63, 3.8) is 0 Å². The van der Waals surface area contributed by atoms with Crippen molar-refractivity contribution in [1.29, 1.82) is 0 Å². The van der Waals surface area contributed by atoms with E-state index in [0.717, 1.165) is 62.3 Å². The molecule has 2 aromatic rings. The molecular weight excluding hydrogens is 352 g/mol. The standard InChI is InChI=1S/C18H22N6O.ClH/c25-17(15-11-18(15)6-8-19-9-7-18)20-13-3-1-2-12(10-13)16-21-22-23-24(16)14-4-5-14;/h1-3,10,14-15,19H,4-9,11H2,(H,20,25);1H. The van der Waals surface area contributed by atoms with E-state index < -0.39 is 0 Å². The Balaban J connectivity index is 0.00000168. The number of carbonyl (C=O) groups excluding carboxylic acids is 1. The quantitative estimate of drug-likeness (QED) is 0.858. The number of nitrogens with zero attached hydrogens (tertiary/aromatic N) is 4. The van der Waals surface area contributed by atoms with Crippen molar-refractivity contribution >= 4 is 24.0 Å². The van der Waals surface area contributed by atoms with Crippen LogP contribution < -0.4 is 10.6 Å². The number of halogens is 1. The van der Waals surface area contributed by atoms with Crippen molar-refractivity contribution < 1.29 is 4.79 Å². The molecular formula is C18H23ClN6O. The molecule has 2 N–H and O–H groups in total. The Morgan fingerprint density at radius 2 is 2.08 bits per heavy atom. The van der Waals surface area contributed by atoms with Crippen LogP contribution in [-0.2, 0) is 4.79 Å². The molecule has 1 aromatic carbocycles. The largest absolute Gasteiger partial charge is 0.326 e. The zero-order valence-corrected chi connectivity index (χ0v) is 15.3. The molecule has 138 valence electrons. The second-order valence-electron chi connectivity index (χ2n) is 7.62. The summed E-state index contributed by atoms with van der Waals surface area (Å²) in [4.78, 5) is 12.7. The van der Waals surface area contributed by atoms with Crippen molar-refractivity contribution in [3.05, 3.63) is 24.3 Å². The highest BCUT2D eigenvalue weighted by Gasteiger charge is 2.57. The third-order valence-corrected chi connectivity index (χ3v) is 5.88. The van der Waals surface area contributed by atoms with Gasteiger partial charge in [-0.05, 0) is 73.2 Å². The Kier molecular flexibility index (Phi) is 4.44. The zero-order valence-electron chi connectivity index (χ0n) is 14.5. The second kappa shape index (κ2) is 6.63. The van der Waals surface area contributed by atoms with Gasteiger partial charge in [-0.15, -0.1) is 17.5 Å². The maximum absolute atomic E-state index is 12.7. The summed E-state index contributed by atoms with van der Waals surface area (Å²) in [5, 5.41) is 18.6. The minimum absolute atomic E-state index is 0. The van der Waals surface area contributed by atoms with Crippen LogP contribution in [0, 0.1) is 11.3 Å². The molecule has 3 fully saturated rings. The number of tetrazole rings is 1. The maximum Gasteiger partial charge on any atom is 0.228 e. The topological polar surface area (TPSA) is 84.7 Å². The van der Waals surface area contributed by atoms with Crippen LogP contribution in [0.3, 0.4) is 0 Å². The van der Waals surface area contributed by atoms with Crippen LogP contribution in [0.1, 0.15) is 38.1 Å². The average molecular weight is 375 g/mol. The third kappa shape index (κ3) is 3.10. The zero-order chi connectivity index (χ0) is 16.9. The molecule has 3 aliphatic rings. The van der Waals surface area contributed by atoms with Gasteiger partial charge in [0.05, 0.1) is 6.04 Å². The first-order valence-corrected chi connectivity index (χ1v) is 9.15. The van der Waals surface area contributed by atoms with Crippen molar-refractivity contribution in [3.8, 4) is 11.4 Å². The van der Waals surface area contributed by atoms with Gasteiger partial charge in [0.25, 0.3) is 0 Å². The number of amides is 1. The van der Waals surface area contributed by atoms with E-state index in [1.54, 1.807) is 0 Å². The lowest BCUT2D eigenvalue weighted by Crippen LogP contribution is -2.31. The van der Waals surface area contributed by atoms with E-state index in [0.29, 0.717) is 6.04 Å². The SMILES string of the molecule is Cl.O=C(Nc1cccc(-c2nnnn2C2CC2)c1)C1CC12CCNCC2. The van der Waals surface area contributed by atoms with Gasteiger partial charge >= 0.3 is 0 Å². The fourth-order valence-corrected chi connectivity index (χ4v) is 4.11. The number of anilines is 1. The predicted octanol–water partition coefficient (Wildman–Crippen LogP) is 2.42. The van der Waals surface area contributed by atoms with Gasteiger partial charge in [-0.3, -0.25) is 4.79 Å². The monoisotopic (exact) mass is 374 g/mol. The number of benzene rings is 1. The molecule has 2 heterocycles. The minimum atomic E-state index is 0. The molecule has 1 aromatic heterocycles. The summed E-state index contributed by atoms with van der Waals surface area (Å²) < 4.78 is 1.89. The number of hydrogen-bond donors (Lipinski definition) is 2. The fraction of sp³-hybridized carbons (Fsp3) is 0.556. The Bertz CT molecular complexity index is 812. The average Bonchev–Trinajstić information content (AvgIpc) is 3.54. The minimum Gasteiger partial charge on any atom is -0.326 e. The van der Waals surface area contributed by atoms with Crippen molar-refractivity contribution in [2.24, 2.45) is 11.3 Å². The molecule has 1 spiro atoms. The number of nitrogens with one attached hydrogen (secondary N) is 2. The maximum atomic E-state index is 12.7. The van der Waals surface area contributed by atoms with E-state index in [1.165, 1.54) is 0 Å². The van der Waals surface area contributed by atoms with Crippen LogP contribution in [0.2, 0.25) is 0 Å².